The molecule has 2 aromatic rings. The van der Waals surface area contributed by atoms with E-state index in [1.54, 1.807) is 0 Å². The molecule has 0 aliphatic carbocycles. The average molecular weight is 255 g/mol. The summed E-state index contributed by atoms with van der Waals surface area (Å²) >= 11 is 3.37. The Morgan fingerprint density at radius 1 is 1.43 bits per heavy atom. The number of hydrogen-bond acceptors (Lipinski definition) is 3. The second-order valence-corrected chi connectivity index (χ2v) is 4.77. The lowest BCUT2D eigenvalue weighted by molar-refractivity contribution is 0.394. The number of halogens is 1. The Balaban J connectivity index is 2.63. The van der Waals surface area contributed by atoms with Gasteiger partial charge in [-0.3, -0.25) is 0 Å². The average Bonchev–Trinajstić information content (AvgIpc) is 2.45. The summed E-state index contributed by atoms with van der Waals surface area (Å²) in [5, 5.41) is 0. The molecule has 0 atom stereocenters. The van der Waals surface area contributed by atoms with Gasteiger partial charge in [-0.1, -0.05) is 15.9 Å². The van der Waals surface area contributed by atoms with Crippen LogP contribution in [0.25, 0.3) is 11.1 Å². The van der Waals surface area contributed by atoms with Crippen molar-refractivity contribution in [1.29, 1.82) is 0 Å². The quantitative estimate of drug-likeness (QED) is 0.852. The molecule has 0 unspecified atom stereocenters. The van der Waals surface area contributed by atoms with Gasteiger partial charge in [0.15, 0.2) is 5.58 Å². The molecule has 4 heteroatoms. The molecule has 0 aliphatic heterocycles. The highest BCUT2D eigenvalue weighted by Gasteiger charge is 2.21. The first-order chi connectivity index (χ1) is 6.47. The van der Waals surface area contributed by atoms with E-state index in [0.717, 1.165) is 15.6 Å². The molecule has 0 aliphatic rings. The summed E-state index contributed by atoms with van der Waals surface area (Å²) in [6.07, 6.45) is 0. The van der Waals surface area contributed by atoms with Crippen molar-refractivity contribution in [2.24, 2.45) is 5.73 Å². The van der Waals surface area contributed by atoms with Crippen molar-refractivity contribution >= 4 is 27.0 Å². The summed E-state index contributed by atoms with van der Waals surface area (Å²) < 4.78 is 6.52. The fourth-order valence-electron chi connectivity index (χ4n) is 1.17. The molecule has 0 saturated heterocycles. The van der Waals surface area contributed by atoms with Crippen LogP contribution < -0.4 is 5.73 Å². The van der Waals surface area contributed by atoms with E-state index in [2.05, 4.69) is 20.9 Å². The van der Waals surface area contributed by atoms with Crippen LogP contribution in [-0.2, 0) is 5.54 Å². The lowest BCUT2D eigenvalue weighted by Gasteiger charge is -2.11. The van der Waals surface area contributed by atoms with Gasteiger partial charge in [-0.2, -0.15) is 0 Å². The molecular weight excluding hydrogens is 244 g/mol. The van der Waals surface area contributed by atoms with E-state index < -0.39 is 5.54 Å². The van der Waals surface area contributed by atoms with Crippen molar-refractivity contribution in [1.82, 2.24) is 4.98 Å². The Labute approximate surface area is 90.4 Å². The van der Waals surface area contributed by atoms with Crippen molar-refractivity contribution in [3.05, 3.63) is 28.6 Å². The SMILES string of the molecule is CC(C)(N)c1nc2ccc(Br)cc2o1. The molecule has 1 heterocycles. The zero-order valence-corrected chi connectivity index (χ0v) is 9.63. The number of aromatic nitrogens is 1. The van der Waals surface area contributed by atoms with Crippen LogP contribution in [0, 0.1) is 0 Å². The van der Waals surface area contributed by atoms with Crippen LogP contribution in [0.4, 0.5) is 0 Å². The Hall–Kier alpha value is -0.870. The van der Waals surface area contributed by atoms with Gasteiger partial charge in [0.1, 0.15) is 5.52 Å². The Bertz CT molecular complexity index is 470. The third kappa shape index (κ3) is 1.67. The first-order valence-electron chi connectivity index (χ1n) is 4.32. The van der Waals surface area contributed by atoms with Gasteiger partial charge in [0.05, 0.1) is 5.54 Å². The summed E-state index contributed by atoms with van der Waals surface area (Å²) in [5.41, 5.74) is 6.95. The summed E-state index contributed by atoms with van der Waals surface area (Å²) in [6, 6.07) is 5.72. The van der Waals surface area contributed by atoms with Gasteiger partial charge in [-0.05, 0) is 32.0 Å². The molecule has 0 spiro atoms. The first kappa shape index (κ1) is 9.68. The maximum absolute atomic E-state index is 5.89. The second-order valence-electron chi connectivity index (χ2n) is 3.85. The van der Waals surface area contributed by atoms with Gasteiger partial charge in [-0.25, -0.2) is 4.98 Å². The highest BCUT2D eigenvalue weighted by Crippen LogP contribution is 2.24. The number of hydrogen-bond donors (Lipinski definition) is 1. The molecule has 1 aromatic heterocycles. The van der Waals surface area contributed by atoms with Gasteiger partial charge >= 0.3 is 0 Å². The maximum Gasteiger partial charge on any atom is 0.215 e. The molecular formula is C10H11BrN2O. The fourth-order valence-corrected chi connectivity index (χ4v) is 1.51. The van der Waals surface area contributed by atoms with Gasteiger partial charge in [0.2, 0.25) is 5.89 Å². The summed E-state index contributed by atoms with van der Waals surface area (Å²) in [4.78, 5) is 4.31. The summed E-state index contributed by atoms with van der Waals surface area (Å²) in [6.45, 7) is 3.74. The number of nitrogens with two attached hydrogens (primary N) is 1. The Morgan fingerprint density at radius 2 is 2.14 bits per heavy atom. The van der Waals surface area contributed by atoms with Gasteiger partial charge in [0.25, 0.3) is 0 Å². The molecule has 3 nitrogen and oxygen atoms in total. The maximum atomic E-state index is 5.89. The van der Waals surface area contributed by atoms with Gasteiger partial charge < -0.3 is 10.2 Å². The van der Waals surface area contributed by atoms with Crippen molar-refractivity contribution in [2.45, 2.75) is 19.4 Å². The van der Waals surface area contributed by atoms with Crippen LogP contribution in [0.15, 0.2) is 27.1 Å². The number of nitrogens with zero attached hydrogens (tertiary/aromatic N) is 1. The molecule has 2 rings (SSSR count). The highest BCUT2D eigenvalue weighted by molar-refractivity contribution is 9.10. The fraction of sp³-hybridized carbons (Fsp3) is 0.300. The van der Waals surface area contributed by atoms with Crippen LogP contribution >= 0.6 is 15.9 Å². The highest BCUT2D eigenvalue weighted by atomic mass is 79.9. The van der Waals surface area contributed by atoms with Crippen molar-refractivity contribution < 1.29 is 4.42 Å². The molecule has 14 heavy (non-hydrogen) atoms. The van der Waals surface area contributed by atoms with Crippen LogP contribution in [0.1, 0.15) is 19.7 Å². The van der Waals surface area contributed by atoms with E-state index in [1.807, 2.05) is 32.0 Å². The van der Waals surface area contributed by atoms with E-state index in [-0.39, 0.29) is 0 Å². The van der Waals surface area contributed by atoms with Gasteiger partial charge in [0, 0.05) is 4.47 Å². The first-order valence-corrected chi connectivity index (χ1v) is 5.11. The van der Waals surface area contributed by atoms with E-state index in [4.69, 9.17) is 10.2 Å². The lowest BCUT2D eigenvalue weighted by Crippen LogP contribution is -2.28. The Morgan fingerprint density at radius 3 is 2.79 bits per heavy atom. The molecule has 0 radical (unpaired) electrons. The van der Waals surface area contributed by atoms with Crippen LogP contribution in [0.2, 0.25) is 0 Å². The predicted octanol–water partition coefficient (Wildman–Crippen LogP) is 2.78. The zero-order chi connectivity index (χ0) is 10.3. The van der Waals surface area contributed by atoms with Crippen molar-refractivity contribution in [3.8, 4) is 0 Å². The predicted molar refractivity (Wildman–Crippen MR) is 58.9 cm³/mol. The van der Waals surface area contributed by atoms with E-state index in [9.17, 15) is 0 Å². The van der Waals surface area contributed by atoms with Crippen molar-refractivity contribution in [3.63, 3.8) is 0 Å². The second kappa shape index (κ2) is 3.07. The molecule has 0 saturated carbocycles. The van der Waals surface area contributed by atoms with Crippen LogP contribution in [0.5, 0.6) is 0 Å². The third-order valence-electron chi connectivity index (χ3n) is 1.90. The van der Waals surface area contributed by atoms with E-state index >= 15 is 0 Å². The molecule has 74 valence electrons. The number of benzene rings is 1. The topological polar surface area (TPSA) is 52.0 Å². The largest absolute Gasteiger partial charge is 0.439 e. The molecule has 1 aromatic carbocycles. The summed E-state index contributed by atoms with van der Waals surface area (Å²) in [7, 11) is 0. The van der Waals surface area contributed by atoms with Crippen LogP contribution in [-0.4, -0.2) is 4.98 Å². The molecule has 0 fully saturated rings. The normalized spacial score (nSPS) is 12.3. The minimum absolute atomic E-state index is 0.536. The third-order valence-corrected chi connectivity index (χ3v) is 2.39. The van der Waals surface area contributed by atoms with E-state index in [0.29, 0.717) is 5.89 Å². The summed E-state index contributed by atoms with van der Waals surface area (Å²) in [5.74, 6) is 0.561. The standard InChI is InChI=1S/C10H11BrN2O/c1-10(2,12)9-13-7-4-3-6(11)5-8(7)14-9/h3-5H,12H2,1-2H3. The molecule has 0 bridgehead atoms. The molecule has 2 N–H and O–H groups in total. The smallest absolute Gasteiger partial charge is 0.215 e. The zero-order valence-electron chi connectivity index (χ0n) is 8.04. The minimum atomic E-state index is -0.536. The Kier molecular flexibility index (Phi) is 2.12. The van der Waals surface area contributed by atoms with E-state index in [1.165, 1.54) is 0 Å². The lowest BCUT2D eigenvalue weighted by atomic mass is 10.1. The molecule has 0 amide bonds. The number of rotatable bonds is 1. The number of oxazole rings is 1. The van der Waals surface area contributed by atoms with Crippen molar-refractivity contribution in [2.75, 3.05) is 0 Å². The van der Waals surface area contributed by atoms with Crippen LogP contribution in [0.3, 0.4) is 0 Å². The monoisotopic (exact) mass is 254 g/mol. The minimum Gasteiger partial charge on any atom is -0.439 e. The van der Waals surface area contributed by atoms with Gasteiger partial charge in [-0.15, -0.1) is 0 Å². The number of fused-ring (bicyclic) bond motifs is 1.